The minimum absolute atomic E-state index is 0.00126. The van der Waals surface area contributed by atoms with Crippen molar-refractivity contribution in [2.24, 2.45) is 0 Å². The molecule has 0 aliphatic heterocycles. The molecule has 16 heavy (non-hydrogen) atoms. The first-order valence-electron chi connectivity index (χ1n) is 5.56. The molecule has 1 amide bonds. The van der Waals surface area contributed by atoms with E-state index in [-0.39, 0.29) is 12.5 Å². The fourth-order valence-electron chi connectivity index (χ4n) is 1.17. The van der Waals surface area contributed by atoms with Crippen molar-refractivity contribution in [1.82, 2.24) is 5.32 Å². The molecule has 0 saturated carbocycles. The molecule has 0 aromatic carbocycles. The molecule has 0 fully saturated rings. The predicted molar refractivity (Wildman–Crippen MR) is 67.8 cm³/mol. The smallest absolute Gasteiger partial charge is 0.220 e. The molecule has 0 heterocycles. The number of carbonyl (C=O) groups excluding carboxylic acids is 1. The van der Waals surface area contributed by atoms with E-state index in [0.717, 1.165) is 18.2 Å². The summed E-state index contributed by atoms with van der Waals surface area (Å²) in [5.41, 5.74) is -0.888. The van der Waals surface area contributed by atoms with Gasteiger partial charge in [0.05, 0.1) is 5.60 Å². The molecule has 0 aromatic heterocycles. The highest BCUT2D eigenvalue weighted by molar-refractivity contribution is 9.09. The van der Waals surface area contributed by atoms with Crippen LogP contribution in [0.2, 0.25) is 0 Å². The molecular weight excluding hydrogens is 274 g/mol. The van der Waals surface area contributed by atoms with Crippen molar-refractivity contribution in [2.75, 3.05) is 25.6 Å². The number of alkyl halides is 1. The van der Waals surface area contributed by atoms with E-state index in [4.69, 9.17) is 4.74 Å². The van der Waals surface area contributed by atoms with Crippen molar-refractivity contribution in [3.05, 3.63) is 0 Å². The van der Waals surface area contributed by atoms with Gasteiger partial charge in [0, 0.05) is 38.4 Å². The summed E-state index contributed by atoms with van der Waals surface area (Å²) >= 11 is 3.31. The maximum absolute atomic E-state index is 11.4. The van der Waals surface area contributed by atoms with Crippen LogP contribution < -0.4 is 5.32 Å². The van der Waals surface area contributed by atoms with E-state index in [0.29, 0.717) is 19.4 Å². The molecule has 1 unspecified atom stereocenters. The van der Waals surface area contributed by atoms with E-state index in [2.05, 4.69) is 21.2 Å². The molecule has 4 nitrogen and oxygen atoms in total. The van der Waals surface area contributed by atoms with Crippen LogP contribution in [0.3, 0.4) is 0 Å². The highest BCUT2D eigenvalue weighted by Crippen LogP contribution is 2.07. The highest BCUT2D eigenvalue weighted by atomic mass is 79.9. The van der Waals surface area contributed by atoms with Crippen LogP contribution in [0.5, 0.6) is 0 Å². The summed E-state index contributed by atoms with van der Waals surface area (Å²) in [7, 11) is 1.59. The van der Waals surface area contributed by atoms with Gasteiger partial charge in [-0.1, -0.05) is 15.9 Å². The maximum Gasteiger partial charge on any atom is 0.220 e. The van der Waals surface area contributed by atoms with E-state index in [1.54, 1.807) is 14.0 Å². The molecule has 0 bridgehead atoms. The van der Waals surface area contributed by atoms with Crippen molar-refractivity contribution in [3.8, 4) is 0 Å². The summed E-state index contributed by atoms with van der Waals surface area (Å²) in [5.74, 6) is -0.00126. The van der Waals surface area contributed by atoms with Gasteiger partial charge in [0.25, 0.3) is 0 Å². The Morgan fingerprint density at radius 2 is 2.19 bits per heavy atom. The molecule has 96 valence electrons. The Morgan fingerprint density at radius 3 is 2.75 bits per heavy atom. The van der Waals surface area contributed by atoms with Crippen LogP contribution in [0.1, 0.15) is 32.6 Å². The zero-order valence-corrected chi connectivity index (χ0v) is 11.7. The molecule has 5 heteroatoms. The van der Waals surface area contributed by atoms with E-state index >= 15 is 0 Å². The number of nitrogens with one attached hydrogen (secondary N) is 1. The third kappa shape index (κ3) is 9.12. The van der Waals surface area contributed by atoms with Gasteiger partial charge < -0.3 is 15.2 Å². The zero-order chi connectivity index (χ0) is 12.4. The van der Waals surface area contributed by atoms with Gasteiger partial charge >= 0.3 is 0 Å². The number of unbranched alkanes of at least 4 members (excludes halogenated alkanes) is 1. The average molecular weight is 296 g/mol. The minimum Gasteiger partial charge on any atom is -0.388 e. The van der Waals surface area contributed by atoms with Crippen LogP contribution in [0, 0.1) is 0 Å². The number of halogens is 1. The minimum atomic E-state index is -0.888. The molecule has 0 aliphatic rings. The van der Waals surface area contributed by atoms with Crippen LogP contribution in [-0.2, 0) is 9.53 Å². The summed E-state index contributed by atoms with van der Waals surface area (Å²) in [6.07, 6.45) is 2.90. The first-order chi connectivity index (χ1) is 7.52. The fraction of sp³-hybridized carbons (Fsp3) is 0.909. The number of rotatable bonds is 9. The molecule has 1 atom stereocenters. The largest absolute Gasteiger partial charge is 0.388 e. The molecule has 0 spiro atoms. The molecule has 0 radical (unpaired) electrons. The Hall–Kier alpha value is -0.130. The number of carbonyl (C=O) groups is 1. The monoisotopic (exact) mass is 295 g/mol. The number of aliphatic hydroxyl groups is 1. The van der Waals surface area contributed by atoms with Crippen LogP contribution >= 0.6 is 15.9 Å². The number of hydrogen-bond donors (Lipinski definition) is 2. The van der Waals surface area contributed by atoms with Gasteiger partial charge in [0.2, 0.25) is 5.91 Å². The van der Waals surface area contributed by atoms with Crippen LogP contribution in [-0.4, -0.2) is 42.2 Å². The maximum atomic E-state index is 11.4. The Labute approximate surface area is 106 Å². The summed E-state index contributed by atoms with van der Waals surface area (Å²) in [4.78, 5) is 11.4. The summed E-state index contributed by atoms with van der Waals surface area (Å²) in [6.45, 7) is 2.47. The third-order valence-corrected chi connectivity index (χ3v) is 2.86. The number of methoxy groups -OCH3 is 1. The Morgan fingerprint density at radius 1 is 1.50 bits per heavy atom. The van der Waals surface area contributed by atoms with E-state index < -0.39 is 5.60 Å². The standard InChI is InChI=1S/C11H22BrNO3/c1-11(15,6-8-16-2)9-13-10(14)5-3-4-7-12/h15H,3-9H2,1-2H3,(H,13,14). The second-order valence-electron chi connectivity index (χ2n) is 4.16. The lowest BCUT2D eigenvalue weighted by molar-refractivity contribution is -0.122. The summed E-state index contributed by atoms with van der Waals surface area (Å²) in [5, 5.41) is 13.5. The first kappa shape index (κ1) is 15.9. The fourth-order valence-corrected chi connectivity index (χ4v) is 1.56. The number of hydrogen-bond acceptors (Lipinski definition) is 3. The van der Waals surface area contributed by atoms with Gasteiger partial charge in [-0.2, -0.15) is 0 Å². The van der Waals surface area contributed by atoms with Crippen molar-refractivity contribution >= 4 is 21.8 Å². The van der Waals surface area contributed by atoms with Crippen molar-refractivity contribution < 1.29 is 14.6 Å². The molecule has 0 aromatic rings. The van der Waals surface area contributed by atoms with E-state index in [1.807, 2.05) is 0 Å². The third-order valence-electron chi connectivity index (χ3n) is 2.30. The number of ether oxygens (including phenoxy) is 1. The summed E-state index contributed by atoms with van der Waals surface area (Å²) in [6, 6.07) is 0. The van der Waals surface area contributed by atoms with Gasteiger partial charge in [0.1, 0.15) is 0 Å². The molecular formula is C11H22BrNO3. The van der Waals surface area contributed by atoms with Crippen molar-refractivity contribution in [2.45, 2.75) is 38.2 Å². The van der Waals surface area contributed by atoms with E-state index in [1.165, 1.54) is 0 Å². The predicted octanol–water partition coefficient (Wildman–Crippen LogP) is 1.46. The van der Waals surface area contributed by atoms with Gasteiger partial charge in [-0.3, -0.25) is 4.79 Å². The van der Waals surface area contributed by atoms with Gasteiger partial charge in [0.15, 0.2) is 0 Å². The van der Waals surface area contributed by atoms with Gasteiger partial charge in [-0.25, -0.2) is 0 Å². The lowest BCUT2D eigenvalue weighted by Gasteiger charge is -2.23. The quantitative estimate of drug-likeness (QED) is 0.500. The number of amides is 1. The van der Waals surface area contributed by atoms with Crippen molar-refractivity contribution in [1.29, 1.82) is 0 Å². The Bertz CT molecular complexity index is 198. The molecule has 0 rings (SSSR count). The first-order valence-corrected chi connectivity index (χ1v) is 6.68. The van der Waals surface area contributed by atoms with Crippen LogP contribution in [0.25, 0.3) is 0 Å². The van der Waals surface area contributed by atoms with Gasteiger partial charge in [-0.15, -0.1) is 0 Å². The average Bonchev–Trinajstić information content (AvgIpc) is 2.24. The molecule has 2 N–H and O–H groups in total. The second-order valence-corrected chi connectivity index (χ2v) is 4.96. The normalized spacial score (nSPS) is 14.5. The Balaban J connectivity index is 3.64. The van der Waals surface area contributed by atoms with Gasteiger partial charge in [-0.05, 0) is 19.8 Å². The van der Waals surface area contributed by atoms with Crippen LogP contribution in [0.15, 0.2) is 0 Å². The highest BCUT2D eigenvalue weighted by Gasteiger charge is 2.20. The Kier molecular flexibility index (Phi) is 8.89. The van der Waals surface area contributed by atoms with E-state index in [9.17, 15) is 9.90 Å². The topological polar surface area (TPSA) is 58.6 Å². The van der Waals surface area contributed by atoms with Crippen LogP contribution in [0.4, 0.5) is 0 Å². The molecule has 0 aliphatic carbocycles. The SMILES string of the molecule is COCCC(C)(O)CNC(=O)CCCCBr. The molecule has 0 saturated heterocycles. The lowest BCUT2D eigenvalue weighted by Crippen LogP contribution is -2.41. The summed E-state index contributed by atoms with van der Waals surface area (Å²) < 4.78 is 4.89. The van der Waals surface area contributed by atoms with Crippen molar-refractivity contribution in [3.63, 3.8) is 0 Å². The lowest BCUT2D eigenvalue weighted by atomic mass is 10.0. The second kappa shape index (κ2) is 8.96. The zero-order valence-electron chi connectivity index (χ0n) is 10.1.